The van der Waals surface area contributed by atoms with Gasteiger partial charge in [0, 0.05) is 6.61 Å². The summed E-state index contributed by atoms with van der Waals surface area (Å²) < 4.78 is 10.2. The Labute approximate surface area is 112 Å². The second-order valence-corrected chi connectivity index (χ2v) is 3.27. The number of amides is 1. The van der Waals surface area contributed by atoms with Crippen LogP contribution in [0.3, 0.4) is 0 Å². The molecular weight excluding hydrogens is 258 g/mol. The summed E-state index contributed by atoms with van der Waals surface area (Å²) in [5, 5.41) is 2.64. The standard InChI is InChI=1S/C11H17N3O3.ClH/c1-2-16-5-6-17-8-11(15)14-9-3-4-10(12)13-7-9;/h3-4,7H,2,5-6,8H2,1H3,(H2,12,13)(H,14,15);1H. The van der Waals surface area contributed by atoms with Gasteiger partial charge >= 0.3 is 0 Å². The number of nitrogens with zero attached hydrogens (tertiary/aromatic N) is 1. The zero-order valence-corrected chi connectivity index (χ0v) is 11.0. The molecule has 1 amide bonds. The number of carbonyl (C=O) groups is 1. The van der Waals surface area contributed by atoms with Crippen molar-refractivity contribution < 1.29 is 14.3 Å². The summed E-state index contributed by atoms with van der Waals surface area (Å²) >= 11 is 0. The molecule has 0 aliphatic rings. The Kier molecular flexibility index (Phi) is 8.91. The van der Waals surface area contributed by atoms with Crippen LogP contribution in [-0.2, 0) is 14.3 Å². The van der Waals surface area contributed by atoms with Gasteiger partial charge in [-0.2, -0.15) is 0 Å². The molecule has 0 atom stereocenters. The number of halogens is 1. The lowest BCUT2D eigenvalue weighted by Crippen LogP contribution is -2.19. The molecule has 1 rings (SSSR count). The maximum absolute atomic E-state index is 11.4. The molecule has 0 fully saturated rings. The molecule has 0 bridgehead atoms. The molecule has 1 aromatic rings. The fourth-order valence-electron chi connectivity index (χ4n) is 1.10. The van der Waals surface area contributed by atoms with Crippen LogP contribution in [-0.4, -0.2) is 37.3 Å². The first-order valence-electron chi connectivity index (χ1n) is 5.39. The molecule has 3 N–H and O–H groups in total. The highest BCUT2D eigenvalue weighted by molar-refractivity contribution is 5.91. The SMILES string of the molecule is CCOCCOCC(=O)Nc1ccc(N)nc1.Cl. The molecule has 7 heteroatoms. The molecule has 0 spiro atoms. The summed E-state index contributed by atoms with van der Waals surface area (Å²) in [4.78, 5) is 15.2. The van der Waals surface area contributed by atoms with Crippen LogP contribution >= 0.6 is 12.4 Å². The van der Waals surface area contributed by atoms with Crippen LogP contribution in [0, 0.1) is 0 Å². The second-order valence-electron chi connectivity index (χ2n) is 3.27. The number of nitrogen functional groups attached to an aromatic ring is 1. The highest BCUT2D eigenvalue weighted by Gasteiger charge is 2.02. The van der Waals surface area contributed by atoms with Crippen molar-refractivity contribution in [1.29, 1.82) is 0 Å². The maximum Gasteiger partial charge on any atom is 0.250 e. The Bertz CT molecular complexity index is 346. The van der Waals surface area contributed by atoms with Crippen molar-refractivity contribution in [2.45, 2.75) is 6.92 Å². The van der Waals surface area contributed by atoms with Gasteiger partial charge in [0.05, 0.1) is 25.1 Å². The number of nitrogens with two attached hydrogens (primary N) is 1. The topological polar surface area (TPSA) is 86.5 Å². The molecule has 0 unspecified atom stereocenters. The molecule has 0 radical (unpaired) electrons. The molecule has 0 saturated carbocycles. The minimum absolute atomic E-state index is 0. The zero-order chi connectivity index (χ0) is 12.5. The minimum Gasteiger partial charge on any atom is -0.384 e. The Hall–Kier alpha value is -1.37. The summed E-state index contributed by atoms with van der Waals surface area (Å²) in [5.41, 5.74) is 6.02. The van der Waals surface area contributed by atoms with Crippen LogP contribution in [0.4, 0.5) is 11.5 Å². The summed E-state index contributed by atoms with van der Waals surface area (Å²) in [6.45, 7) is 3.44. The smallest absolute Gasteiger partial charge is 0.250 e. The van der Waals surface area contributed by atoms with Gasteiger partial charge < -0.3 is 20.5 Å². The van der Waals surface area contributed by atoms with Crippen LogP contribution in [0.15, 0.2) is 18.3 Å². The largest absolute Gasteiger partial charge is 0.384 e. The van der Waals surface area contributed by atoms with E-state index in [9.17, 15) is 4.79 Å². The van der Waals surface area contributed by atoms with Crippen molar-refractivity contribution in [1.82, 2.24) is 4.98 Å². The van der Waals surface area contributed by atoms with Crippen molar-refractivity contribution >= 4 is 29.8 Å². The van der Waals surface area contributed by atoms with E-state index in [2.05, 4.69) is 10.3 Å². The Morgan fingerprint density at radius 2 is 2.11 bits per heavy atom. The van der Waals surface area contributed by atoms with Gasteiger partial charge in [0.25, 0.3) is 0 Å². The fraction of sp³-hybridized carbons (Fsp3) is 0.455. The fourth-order valence-corrected chi connectivity index (χ4v) is 1.10. The quantitative estimate of drug-likeness (QED) is 0.727. The van der Waals surface area contributed by atoms with E-state index in [0.29, 0.717) is 31.3 Å². The normalized spacial score (nSPS) is 9.61. The van der Waals surface area contributed by atoms with E-state index in [1.807, 2.05) is 6.92 Å². The molecular formula is C11H18ClN3O3. The minimum atomic E-state index is -0.229. The van der Waals surface area contributed by atoms with Crippen LogP contribution in [0.25, 0.3) is 0 Å². The first-order chi connectivity index (χ1) is 8.22. The lowest BCUT2D eigenvalue weighted by atomic mass is 10.4. The number of aromatic nitrogens is 1. The molecule has 0 saturated heterocycles. The molecule has 1 heterocycles. The third kappa shape index (κ3) is 7.05. The van der Waals surface area contributed by atoms with Gasteiger partial charge in [0.2, 0.25) is 5.91 Å². The lowest BCUT2D eigenvalue weighted by Gasteiger charge is -2.06. The van der Waals surface area contributed by atoms with Crippen LogP contribution in [0.1, 0.15) is 6.92 Å². The highest BCUT2D eigenvalue weighted by Crippen LogP contribution is 2.06. The molecule has 0 aliphatic heterocycles. The van der Waals surface area contributed by atoms with Crippen molar-refractivity contribution in [2.75, 3.05) is 37.5 Å². The Morgan fingerprint density at radius 3 is 2.72 bits per heavy atom. The highest BCUT2D eigenvalue weighted by atomic mass is 35.5. The van der Waals surface area contributed by atoms with E-state index in [4.69, 9.17) is 15.2 Å². The molecule has 0 aromatic carbocycles. The van der Waals surface area contributed by atoms with Crippen molar-refractivity contribution in [3.63, 3.8) is 0 Å². The zero-order valence-electron chi connectivity index (χ0n) is 10.2. The van der Waals surface area contributed by atoms with E-state index < -0.39 is 0 Å². The van der Waals surface area contributed by atoms with Gasteiger partial charge in [-0.05, 0) is 19.1 Å². The molecule has 18 heavy (non-hydrogen) atoms. The van der Waals surface area contributed by atoms with E-state index in [-0.39, 0.29) is 24.9 Å². The van der Waals surface area contributed by atoms with Gasteiger partial charge in [0.1, 0.15) is 12.4 Å². The predicted octanol–water partition coefficient (Wildman–Crippen LogP) is 1.08. The van der Waals surface area contributed by atoms with Crippen LogP contribution in [0.2, 0.25) is 0 Å². The van der Waals surface area contributed by atoms with Gasteiger partial charge in [-0.15, -0.1) is 12.4 Å². The predicted molar refractivity (Wildman–Crippen MR) is 71.8 cm³/mol. The summed E-state index contributed by atoms with van der Waals surface area (Å²) in [6, 6.07) is 3.30. The number of rotatable bonds is 7. The first kappa shape index (κ1) is 16.6. The number of carbonyl (C=O) groups excluding carboxylic acids is 1. The third-order valence-electron chi connectivity index (χ3n) is 1.88. The van der Waals surface area contributed by atoms with Gasteiger partial charge in [-0.25, -0.2) is 4.98 Å². The van der Waals surface area contributed by atoms with Crippen molar-refractivity contribution in [2.24, 2.45) is 0 Å². The number of hydrogen-bond donors (Lipinski definition) is 2. The van der Waals surface area contributed by atoms with Gasteiger partial charge in [-0.3, -0.25) is 4.79 Å². The summed E-state index contributed by atoms with van der Waals surface area (Å²) in [5.74, 6) is 0.184. The number of anilines is 2. The monoisotopic (exact) mass is 275 g/mol. The van der Waals surface area contributed by atoms with Crippen molar-refractivity contribution in [3.05, 3.63) is 18.3 Å². The van der Waals surface area contributed by atoms with E-state index in [1.165, 1.54) is 6.20 Å². The van der Waals surface area contributed by atoms with Crippen molar-refractivity contribution in [3.8, 4) is 0 Å². The second kappa shape index (κ2) is 9.64. The number of ether oxygens (including phenoxy) is 2. The van der Waals surface area contributed by atoms with Gasteiger partial charge in [-0.1, -0.05) is 0 Å². The number of nitrogens with one attached hydrogen (secondary N) is 1. The average molecular weight is 276 g/mol. The van der Waals surface area contributed by atoms with E-state index >= 15 is 0 Å². The molecule has 1 aromatic heterocycles. The third-order valence-corrected chi connectivity index (χ3v) is 1.88. The molecule has 102 valence electrons. The average Bonchev–Trinajstić information content (AvgIpc) is 2.32. The lowest BCUT2D eigenvalue weighted by molar-refractivity contribution is -0.121. The molecule has 0 aliphatic carbocycles. The van der Waals surface area contributed by atoms with E-state index in [1.54, 1.807) is 12.1 Å². The van der Waals surface area contributed by atoms with Gasteiger partial charge in [0.15, 0.2) is 0 Å². The Balaban J connectivity index is 0.00000289. The maximum atomic E-state index is 11.4. The summed E-state index contributed by atoms with van der Waals surface area (Å²) in [6.07, 6.45) is 1.49. The first-order valence-corrected chi connectivity index (χ1v) is 5.39. The van der Waals surface area contributed by atoms with E-state index in [0.717, 1.165) is 0 Å². The Morgan fingerprint density at radius 1 is 1.39 bits per heavy atom. The summed E-state index contributed by atoms with van der Waals surface area (Å²) in [7, 11) is 0. The number of pyridine rings is 1. The number of hydrogen-bond acceptors (Lipinski definition) is 5. The van der Waals surface area contributed by atoms with Crippen LogP contribution < -0.4 is 11.1 Å². The molecule has 6 nitrogen and oxygen atoms in total. The van der Waals surface area contributed by atoms with Crippen LogP contribution in [0.5, 0.6) is 0 Å².